The second-order valence-electron chi connectivity index (χ2n) is 13.6. The number of rotatable bonds is 8. The summed E-state index contributed by atoms with van der Waals surface area (Å²) >= 11 is 0. The minimum absolute atomic E-state index is 0.0264. The van der Waals surface area contributed by atoms with Crippen LogP contribution >= 0.6 is 0 Å². The van der Waals surface area contributed by atoms with E-state index >= 15 is 0 Å². The molecular formula is C36H39N7O2. The quantitative estimate of drug-likeness (QED) is 0.264. The van der Waals surface area contributed by atoms with E-state index in [9.17, 15) is 4.79 Å². The molecule has 0 spiro atoms. The van der Waals surface area contributed by atoms with Crippen molar-refractivity contribution >= 4 is 33.7 Å². The van der Waals surface area contributed by atoms with E-state index in [0.29, 0.717) is 29.1 Å². The van der Waals surface area contributed by atoms with E-state index in [-0.39, 0.29) is 18.0 Å². The van der Waals surface area contributed by atoms with Crippen LogP contribution in [0.2, 0.25) is 0 Å². The third-order valence-corrected chi connectivity index (χ3v) is 10.7. The summed E-state index contributed by atoms with van der Waals surface area (Å²) in [7, 11) is 1.70. The van der Waals surface area contributed by atoms with E-state index in [1.807, 2.05) is 29.3 Å². The highest BCUT2D eigenvalue weighted by Crippen LogP contribution is 2.41. The highest BCUT2D eigenvalue weighted by atomic mass is 16.5. The lowest BCUT2D eigenvalue weighted by molar-refractivity contribution is 0.0700. The van der Waals surface area contributed by atoms with Gasteiger partial charge in [-0.3, -0.25) is 4.79 Å². The molecule has 4 fully saturated rings. The third kappa shape index (κ3) is 4.42. The van der Waals surface area contributed by atoms with Gasteiger partial charge in [0, 0.05) is 73.6 Å². The Morgan fingerprint density at radius 3 is 2.49 bits per heavy atom. The van der Waals surface area contributed by atoms with Crippen molar-refractivity contribution in [2.75, 3.05) is 31.6 Å². The SMILES string of the molecule is COc1cc(C(=O)N2C[C@H]3CC[C@@H]2[C@@H]3N)cc2nc(-c3cc4cccnc4n3CC3CC3)n(CC3CN(c4ccccc4)C3)c12. The van der Waals surface area contributed by atoms with E-state index in [4.69, 9.17) is 20.4 Å². The van der Waals surface area contributed by atoms with E-state index in [0.717, 1.165) is 79.2 Å². The topological polar surface area (TPSA) is 94.4 Å². The van der Waals surface area contributed by atoms with Gasteiger partial charge in [-0.2, -0.15) is 0 Å². The lowest BCUT2D eigenvalue weighted by Crippen LogP contribution is -2.48. The molecule has 4 aliphatic rings. The summed E-state index contributed by atoms with van der Waals surface area (Å²) in [4.78, 5) is 28.5. The van der Waals surface area contributed by atoms with E-state index in [2.05, 4.69) is 56.5 Å². The number of methoxy groups -OCH3 is 1. The second kappa shape index (κ2) is 10.3. The van der Waals surface area contributed by atoms with Crippen LogP contribution in [-0.2, 0) is 13.1 Å². The smallest absolute Gasteiger partial charge is 0.254 e. The Kier molecular flexibility index (Phi) is 6.20. The summed E-state index contributed by atoms with van der Waals surface area (Å²) in [6.07, 6.45) is 6.47. The summed E-state index contributed by atoms with van der Waals surface area (Å²) in [5.74, 6) is 3.14. The van der Waals surface area contributed by atoms with Gasteiger partial charge in [-0.05, 0) is 80.0 Å². The number of aromatic nitrogens is 4. The molecule has 2 aromatic carbocycles. The number of imidazole rings is 1. The van der Waals surface area contributed by atoms with Gasteiger partial charge in [0.15, 0.2) is 5.82 Å². The van der Waals surface area contributed by atoms with Crippen LogP contribution in [0, 0.1) is 17.8 Å². The summed E-state index contributed by atoms with van der Waals surface area (Å²) in [6.45, 7) is 4.43. The Hall–Kier alpha value is -4.37. The highest BCUT2D eigenvalue weighted by molar-refractivity contribution is 6.00. The molecule has 0 radical (unpaired) electrons. The number of hydrogen-bond acceptors (Lipinski definition) is 6. The summed E-state index contributed by atoms with van der Waals surface area (Å²) in [6, 6.07) is 21.1. The van der Waals surface area contributed by atoms with Crippen LogP contribution in [0.3, 0.4) is 0 Å². The Balaban J connectivity index is 1.15. The van der Waals surface area contributed by atoms with Gasteiger partial charge in [0.25, 0.3) is 5.91 Å². The number of amides is 1. The molecule has 2 saturated carbocycles. The first-order valence-corrected chi connectivity index (χ1v) is 16.4. The number of nitrogens with zero attached hydrogens (tertiary/aromatic N) is 6. The molecule has 1 amide bonds. The van der Waals surface area contributed by atoms with Crippen LogP contribution < -0.4 is 15.4 Å². The van der Waals surface area contributed by atoms with Crippen molar-refractivity contribution in [3.05, 3.63) is 72.4 Å². The maximum Gasteiger partial charge on any atom is 0.254 e. The van der Waals surface area contributed by atoms with E-state index in [1.54, 1.807) is 7.11 Å². The molecule has 45 heavy (non-hydrogen) atoms. The maximum atomic E-state index is 13.9. The number of hydrogen-bond donors (Lipinski definition) is 1. The molecule has 5 heterocycles. The minimum atomic E-state index is 0.0264. The van der Waals surface area contributed by atoms with Gasteiger partial charge in [-0.15, -0.1) is 0 Å². The summed E-state index contributed by atoms with van der Waals surface area (Å²) in [5, 5.41) is 1.12. The summed E-state index contributed by atoms with van der Waals surface area (Å²) < 4.78 is 10.8. The fourth-order valence-electron chi connectivity index (χ4n) is 8.14. The Bertz CT molecular complexity index is 1920. The number of piperidine rings is 1. The van der Waals surface area contributed by atoms with Crippen molar-refractivity contribution in [3.63, 3.8) is 0 Å². The zero-order valence-electron chi connectivity index (χ0n) is 25.7. The van der Waals surface area contributed by atoms with Gasteiger partial charge in [-0.25, -0.2) is 9.97 Å². The van der Waals surface area contributed by atoms with E-state index in [1.165, 1.54) is 18.5 Å². The van der Waals surface area contributed by atoms with Gasteiger partial charge in [0.2, 0.25) is 0 Å². The molecule has 2 N–H and O–H groups in total. The van der Waals surface area contributed by atoms with Crippen LogP contribution in [0.15, 0.2) is 66.9 Å². The number of nitrogens with two attached hydrogens (primary N) is 1. The maximum absolute atomic E-state index is 13.9. The number of pyridine rings is 1. The number of carbonyl (C=O) groups excluding carboxylic acids is 1. The van der Waals surface area contributed by atoms with Crippen molar-refractivity contribution in [3.8, 4) is 17.3 Å². The monoisotopic (exact) mass is 601 g/mol. The number of para-hydroxylation sites is 1. The third-order valence-electron chi connectivity index (χ3n) is 10.7. The number of anilines is 1. The van der Waals surface area contributed by atoms with Gasteiger partial charge < -0.3 is 29.4 Å². The number of ether oxygens (including phenoxy) is 1. The first-order valence-electron chi connectivity index (χ1n) is 16.4. The molecule has 9 rings (SSSR count). The Labute approximate surface area is 262 Å². The fourth-order valence-corrected chi connectivity index (χ4v) is 8.14. The predicted octanol–water partition coefficient (Wildman–Crippen LogP) is 5.17. The van der Waals surface area contributed by atoms with Gasteiger partial charge >= 0.3 is 0 Å². The number of likely N-dealkylation sites (tertiary alicyclic amines) is 1. The van der Waals surface area contributed by atoms with Crippen LogP contribution in [0.5, 0.6) is 5.75 Å². The van der Waals surface area contributed by atoms with Crippen LogP contribution in [0.1, 0.15) is 36.0 Å². The van der Waals surface area contributed by atoms with Crippen molar-refractivity contribution in [1.29, 1.82) is 0 Å². The van der Waals surface area contributed by atoms with Gasteiger partial charge in [0.1, 0.15) is 16.9 Å². The largest absolute Gasteiger partial charge is 0.494 e. The van der Waals surface area contributed by atoms with E-state index < -0.39 is 0 Å². The highest BCUT2D eigenvalue weighted by Gasteiger charge is 2.47. The van der Waals surface area contributed by atoms with Gasteiger partial charge in [-0.1, -0.05) is 18.2 Å². The molecular weight excluding hydrogens is 562 g/mol. The molecule has 2 saturated heterocycles. The first kappa shape index (κ1) is 27.0. The van der Waals surface area contributed by atoms with Gasteiger partial charge in [0.05, 0.1) is 18.3 Å². The van der Waals surface area contributed by atoms with Crippen molar-refractivity contribution in [2.24, 2.45) is 23.5 Å². The van der Waals surface area contributed by atoms with Crippen LogP contribution in [-0.4, -0.2) is 68.7 Å². The molecule has 9 heteroatoms. The van der Waals surface area contributed by atoms with Crippen LogP contribution in [0.25, 0.3) is 33.6 Å². The number of benzene rings is 2. The van der Waals surface area contributed by atoms with Crippen LogP contribution in [0.4, 0.5) is 5.69 Å². The molecule has 230 valence electrons. The second-order valence-corrected chi connectivity index (χ2v) is 13.6. The average Bonchev–Trinajstić information content (AvgIpc) is 3.41. The molecule has 3 aromatic heterocycles. The van der Waals surface area contributed by atoms with Crippen molar-refractivity contribution in [2.45, 2.75) is 50.9 Å². The predicted molar refractivity (Wildman–Crippen MR) is 175 cm³/mol. The molecule has 2 aliphatic carbocycles. The molecule has 5 aromatic rings. The number of fused-ring (bicyclic) bond motifs is 4. The Morgan fingerprint density at radius 2 is 1.76 bits per heavy atom. The molecule has 9 nitrogen and oxygen atoms in total. The molecule has 3 atom stereocenters. The zero-order valence-corrected chi connectivity index (χ0v) is 25.7. The Morgan fingerprint density at radius 1 is 0.933 bits per heavy atom. The van der Waals surface area contributed by atoms with Crippen molar-refractivity contribution in [1.82, 2.24) is 24.0 Å². The molecule has 2 aliphatic heterocycles. The lowest BCUT2D eigenvalue weighted by atomic mass is 9.98. The first-order chi connectivity index (χ1) is 22.1. The van der Waals surface area contributed by atoms with Crippen molar-refractivity contribution < 1.29 is 9.53 Å². The fraction of sp³-hybridized carbons (Fsp3) is 0.417. The summed E-state index contributed by atoms with van der Waals surface area (Å²) in [5.41, 5.74) is 12.2. The molecule has 0 unspecified atom stereocenters. The minimum Gasteiger partial charge on any atom is -0.494 e. The standard InChI is InChI=1S/C36H39N7O2/c1-45-31-16-26(36(44)42-21-25-11-12-29(42)32(25)37)14-28-33(31)43(20-23-17-40(18-23)27-7-3-2-4-8-27)35(39-28)30-15-24-6-5-13-38-34(24)41(30)19-22-9-10-22/h2-8,13-16,22-23,25,29,32H,9-12,17-21,37H2,1H3/t25-,29-,32-/m1/s1. The number of carbonyl (C=O) groups is 1. The normalized spacial score (nSPS) is 22.9. The zero-order chi connectivity index (χ0) is 30.2. The lowest BCUT2D eigenvalue weighted by Gasteiger charge is -2.41. The average molecular weight is 602 g/mol. The molecule has 2 bridgehead atoms.